The molecule has 0 unspecified atom stereocenters. The molecule has 1 aromatic rings. The first-order valence-corrected chi connectivity index (χ1v) is 8.06. The van der Waals surface area contributed by atoms with Gasteiger partial charge in [0, 0.05) is 18.5 Å². The third kappa shape index (κ3) is 4.29. The molecule has 112 valence electrons. The lowest BCUT2D eigenvalue weighted by molar-refractivity contribution is -0.136. The average Bonchev–Trinajstić information content (AvgIpc) is 2.77. The number of carbonyl (C=O) groups is 2. The van der Waals surface area contributed by atoms with E-state index in [1.165, 1.54) is 19.2 Å². The van der Waals surface area contributed by atoms with Gasteiger partial charge in [0.25, 0.3) is 10.0 Å². The van der Waals surface area contributed by atoms with Crippen LogP contribution in [0.3, 0.4) is 0 Å². The molecule has 0 saturated carbocycles. The molecule has 0 fully saturated rings. The molecule has 0 aromatic carbocycles. The molecule has 1 rings (SSSR count). The van der Waals surface area contributed by atoms with E-state index in [4.69, 9.17) is 5.11 Å². The van der Waals surface area contributed by atoms with Crippen LogP contribution in [0.2, 0.25) is 0 Å². The number of amides is 1. The van der Waals surface area contributed by atoms with Crippen molar-refractivity contribution in [3.05, 3.63) is 17.0 Å². The lowest BCUT2D eigenvalue weighted by atomic mass is 10.3. The highest BCUT2D eigenvalue weighted by Gasteiger charge is 2.24. The summed E-state index contributed by atoms with van der Waals surface area (Å²) in [6.45, 7) is 1.89. The Labute approximate surface area is 121 Å². The van der Waals surface area contributed by atoms with E-state index < -0.39 is 16.0 Å². The van der Waals surface area contributed by atoms with Crippen LogP contribution in [-0.2, 0) is 26.0 Å². The highest BCUT2D eigenvalue weighted by Crippen LogP contribution is 2.24. The van der Waals surface area contributed by atoms with E-state index in [0.717, 1.165) is 15.6 Å². The summed E-state index contributed by atoms with van der Waals surface area (Å²) < 4.78 is 25.3. The number of hydrogen-bond donors (Lipinski definition) is 2. The van der Waals surface area contributed by atoms with Crippen LogP contribution >= 0.6 is 11.3 Å². The molecule has 0 bridgehead atoms. The molecule has 1 aromatic heterocycles. The van der Waals surface area contributed by atoms with Crippen molar-refractivity contribution in [2.24, 2.45) is 0 Å². The number of carboxylic acid groups (broad SMARTS) is 1. The second-order valence-corrected chi connectivity index (χ2v) is 7.45. The van der Waals surface area contributed by atoms with E-state index in [2.05, 4.69) is 5.32 Å². The van der Waals surface area contributed by atoms with E-state index in [0.29, 0.717) is 11.4 Å². The normalized spacial score (nSPS) is 11.6. The molecular weight excluding hydrogens is 304 g/mol. The van der Waals surface area contributed by atoms with Crippen molar-refractivity contribution >= 4 is 33.2 Å². The van der Waals surface area contributed by atoms with Gasteiger partial charge in [0.1, 0.15) is 4.21 Å². The predicted octanol–water partition coefficient (Wildman–Crippen LogP) is 0.132. The van der Waals surface area contributed by atoms with Crippen molar-refractivity contribution in [2.75, 3.05) is 20.1 Å². The third-order valence-corrected chi connectivity index (χ3v) is 5.72. The fraction of sp³-hybridized carbons (Fsp3) is 0.455. The van der Waals surface area contributed by atoms with Gasteiger partial charge in [-0.05, 0) is 19.1 Å². The van der Waals surface area contributed by atoms with Gasteiger partial charge in [-0.15, -0.1) is 11.3 Å². The molecule has 0 aliphatic rings. The largest absolute Gasteiger partial charge is 0.481 e. The number of carbonyl (C=O) groups excluding carboxylic acids is 1. The summed E-state index contributed by atoms with van der Waals surface area (Å²) in [6.07, 6.45) is -0.222. The van der Waals surface area contributed by atoms with E-state index >= 15 is 0 Å². The second kappa shape index (κ2) is 6.82. The van der Waals surface area contributed by atoms with Crippen LogP contribution in [0, 0.1) is 0 Å². The predicted molar refractivity (Wildman–Crippen MR) is 74.2 cm³/mol. The lowest BCUT2D eigenvalue weighted by Gasteiger charge is -2.15. The minimum Gasteiger partial charge on any atom is -0.481 e. The fourth-order valence-corrected chi connectivity index (χ4v) is 4.12. The van der Waals surface area contributed by atoms with Crippen molar-refractivity contribution in [2.45, 2.75) is 17.6 Å². The molecule has 2 N–H and O–H groups in total. The fourth-order valence-electron chi connectivity index (χ4n) is 1.43. The molecule has 1 heterocycles. The Bertz CT molecular complexity index is 594. The van der Waals surface area contributed by atoms with Gasteiger partial charge in [-0.1, -0.05) is 0 Å². The minimum atomic E-state index is -3.77. The Morgan fingerprint density at radius 3 is 2.60 bits per heavy atom. The maximum atomic E-state index is 12.2. The molecule has 0 spiro atoms. The first-order chi connectivity index (χ1) is 9.27. The van der Waals surface area contributed by atoms with Gasteiger partial charge in [0.2, 0.25) is 5.91 Å². The summed E-state index contributed by atoms with van der Waals surface area (Å²) in [7, 11) is -2.46. The number of sulfonamides is 1. The van der Waals surface area contributed by atoms with Crippen molar-refractivity contribution in [1.82, 2.24) is 9.62 Å². The molecule has 9 heteroatoms. The zero-order valence-corrected chi connectivity index (χ0v) is 12.8. The number of nitrogens with one attached hydrogen (secondary N) is 1. The van der Waals surface area contributed by atoms with E-state index in [9.17, 15) is 18.0 Å². The standard InChI is InChI=1S/C11H16N2O5S2/c1-3-12-9(14)7-13(2)20(17,18)11-5-4-8(19-11)6-10(15)16/h4-5H,3,6-7H2,1-2H3,(H,12,14)(H,15,16). The number of thiophene rings is 1. The zero-order chi connectivity index (χ0) is 15.3. The highest BCUT2D eigenvalue weighted by molar-refractivity contribution is 7.91. The van der Waals surface area contributed by atoms with Crippen LogP contribution in [0.25, 0.3) is 0 Å². The summed E-state index contributed by atoms with van der Waals surface area (Å²) in [6, 6.07) is 2.82. The summed E-state index contributed by atoms with van der Waals surface area (Å²) in [4.78, 5) is 22.4. The molecule has 0 saturated heterocycles. The lowest BCUT2D eigenvalue weighted by Crippen LogP contribution is -2.37. The Kier molecular flexibility index (Phi) is 5.66. The number of likely N-dealkylation sites (N-methyl/N-ethyl adjacent to an activating group) is 2. The van der Waals surface area contributed by atoms with Gasteiger partial charge in [-0.25, -0.2) is 8.42 Å². The van der Waals surface area contributed by atoms with Gasteiger partial charge >= 0.3 is 5.97 Å². The average molecular weight is 320 g/mol. The third-order valence-electron chi connectivity index (χ3n) is 2.37. The van der Waals surface area contributed by atoms with Crippen LogP contribution in [0.4, 0.5) is 0 Å². The smallest absolute Gasteiger partial charge is 0.308 e. The molecule has 0 atom stereocenters. The number of carboxylic acids is 1. The van der Waals surface area contributed by atoms with Gasteiger partial charge in [0.05, 0.1) is 13.0 Å². The topological polar surface area (TPSA) is 104 Å². The van der Waals surface area contributed by atoms with Crippen LogP contribution in [0.5, 0.6) is 0 Å². The van der Waals surface area contributed by atoms with Crippen molar-refractivity contribution in [3.8, 4) is 0 Å². The van der Waals surface area contributed by atoms with Crippen molar-refractivity contribution < 1.29 is 23.1 Å². The SMILES string of the molecule is CCNC(=O)CN(C)S(=O)(=O)c1ccc(CC(=O)O)s1. The van der Waals surface area contributed by atoms with E-state index in [1.54, 1.807) is 6.92 Å². The molecule has 0 aliphatic heterocycles. The van der Waals surface area contributed by atoms with E-state index in [-0.39, 0.29) is 23.1 Å². The molecule has 0 radical (unpaired) electrons. The van der Waals surface area contributed by atoms with Gasteiger partial charge in [-0.2, -0.15) is 4.31 Å². The summed E-state index contributed by atoms with van der Waals surface area (Å²) >= 11 is 0.895. The summed E-state index contributed by atoms with van der Waals surface area (Å²) in [5.41, 5.74) is 0. The molecular formula is C11H16N2O5S2. The van der Waals surface area contributed by atoms with Crippen LogP contribution in [0.15, 0.2) is 16.3 Å². The van der Waals surface area contributed by atoms with Gasteiger partial charge in [0.15, 0.2) is 0 Å². The molecule has 20 heavy (non-hydrogen) atoms. The quantitative estimate of drug-likeness (QED) is 0.743. The van der Waals surface area contributed by atoms with Crippen LogP contribution in [-0.4, -0.2) is 49.8 Å². The molecule has 0 aliphatic carbocycles. The monoisotopic (exact) mass is 320 g/mol. The second-order valence-electron chi connectivity index (χ2n) is 4.01. The number of rotatable bonds is 7. The Morgan fingerprint density at radius 2 is 2.05 bits per heavy atom. The number of aliphatic carboxylic acids is 1. The molecule has 7 nitrogen and oxygen atoms in total. The Morgan fingerprint density at radius 1 is 1.40 bits per heavy atom. The van der Waals surface area contributed by atoms with Crippen LogP contribution < -0.4 is 5.32 Å². The Balaban J connectivity index is 2.84. The van der Waals surface area contributed by atoms with Crippen LogP contribution in [0.1, 0.15) is 11.8 Å². The first kappa shape index (κ1) is 16.6. The number of hydrogen-bond acceptors (Lipinski definition) is 5. The summed E-state index contributed by atoms with van der Waals surface area (Å²) in [5.74, 6) is -1.41. The number of nitrogens with zero attached hydrogens (tertiary/aromatic N) is 1. The van der Waals surface area contributed by atoms with Crippen molar-refractivity contribution in [3.63, 3.8) is 0 Å². The zero-order valence-electron chi connectivity index (χ0n) is 11.1. The maximum absolute atomic E-state index is 12.2. The van der Waals surface area contributed by atoms with Gasteiger partial charge in [-0.3, -0.25) is 9.59 Å². The molecule has 1 amide bonds. The first-order valence-electron chi connectivity index (χ1n) is 5.81. The highest BCUT2D eigenvalue weighted by atomic mass is 32.2. The maximum Gasteiger partial charge on any atom is 0.308 e. The van der Waals surface area contributed by atoms with Gasteiger partial charge < -0.3 is 10.4 Å². The summed E-state index contributed by atoms with van der Waals surface area (Å²) in [5, 5.41) is 11.2. The van der Waals surface area contributed by atoms with Crippen molar-refractivity contribution in [1.29, 1.82) is 0 Å². The van der Waals surface area contributed by atoms with E-state index in [1.807, 2.05) is 0 Å². The minimum absolute atomic E-state index is 0.0283. The Hall–Kier alpha value is -1.45.